The molecule has 12 heavy (non-hydrogen) atoms. The van der Waals surface area contributed by atoms with E-state index in [1.165, 1.54) is 12.1 Å². The van der Waals surface area contributed by atoms with Gasteiger partial charge in [-0.15, -0.1) is 0 Å². The summed E-state index contributed by atoms with van der Waals surface area (Å²) in [6.07, 6.45) is 0.108. The summed E-state index contributed by atoms with van der Waals surface area (Å²) in [6, 6.07) is 4.70. The highest BCUT2D eigenvalue weighted by molar-refractivity contribution is 9.10. The third kappa shape index (κ3) is 1.77. The number of nitrogens with zero attached hydrogens (tertiary/aromatic N) is 1. The van der Waals surface area contributed by atoms with E-state index in [0.29, 0.717) is 10.0 Å². The lowest BCUT2D eigenvalue weighted by Gasteiger charge is -2.02. The van der Waals surface area contributed by atoms with Crippen LogP contribution in [0, 0.1) is 17.1 Å². The van der Waals surface area contributed by atoms with Crippen molar-refractivity contribution in [1.29, 1.82) is 5.26 Å². The summed E-state index contributed by atoms with van der Waals surface area (Å²) >= 11 is 8.80. The molecule has 0 aromatic heterocycles. The Kier molecular flexibility index (Phi) is 3.07. The molecule has 0 bridgehead atoms. The summed E-state index contributed by atoms with van der Waals surface area (Å²) in [5, 5.41) is 8.43. The van der Waals surface area contributed by atoms with Gasteiger partial charge in [0.1, 0.15) is 5.82 Å². The third-order valence-corrected chi connectivity index (χ3v) is 2.55. The molecule has 0 spiro atoms. The van der Waals surface area contributed by atoms with Crippen molar-refractivity contribution in [3.05, 3.63) is 33.0 Å². The Morgan fingerprint density at radius 1 is 1.58 bits per heavy atom. The number of hydrogen-bond acceptors (Lipinski definition) is 1. The normalized spacial score (nSPS) is 9.50. The molecular weight excluding hydrogens is 244 g/mol. The Hall–Kier alpha value is -0.590. The van der Waals surface area contributed by atoms with E-state index < -0.39 is 5.82 Å². The molecule has 0 aliphatic rings. The second kappa shape index (κ2) is 3.88. The minimum absolute atomic E-state index is 0.0194. The first-order valence-corrected chi connectivity index (χ1v) is 4.33. The molecule has 0 saturated carbocycles. The molecule has 1 rings (SSSR count). The zero-order valence-electron chi connectivity index (χ0n) is 5.94. The summed E-state index contributed by atoms with van der Waals surface area (Å²) in [5.74, 6) is -0.495. The van der Waals surface area contributed by atoms with Crippen LogP contribution in [-0.4, -0.2) is 0 Å². The van der Waals surface area contributed by atoms with Crippen LogP contribution in [0.4, 0.5) is 4.39 Å². The molecule has 0 atom stereocenters. The average Bonchev–Trinajstić information content (AvgIpc) is 2.06. The van der Waals surface area contributed by atoms with Crippen LogP contribution < -0.4 is 0 Å². The Labute approximate surface area is 82.9 Å². The van der Waals surface area contributed by atoms with E-state index in [4.69, 9.17) is 16.9 Å². The van der Waals surface area contributed by atoms with E-state index in [1.54, 1.807) is 0 Å². The van der Waals surface area contributed by atoms with E-state index in [2.05, 4.69) is 15.9 Å². The van der Waals surface area contributed by atoms with Gasteiger partial charge in [0, 0.05) is 10.0 Å². The van der Waals surface area contributed by atoms with Crippen LogP contribution >= 0.6 is 27.5 Å². The number of rotatable bonds is 1. The van der Waals surface area contributed by atoms with Gasteiger partial charge in [-0.25, -0.2) is 4.39 Å². The van der Waals surface area contributed by atoms with Gasteiger partial charge in [-0.1, -0.05) is 27.5 Å². The molecule has 0 heterocycles. The molecule has 0 N–H and O–H groups in total. The summed E-state index contributed by atoms with van der Waals surface area (Å²) in [5.41, 5.74) is 0.499. The summed E-state index contributed by atoms with van der Waals surface area (Å²) < 4.78 is 13.5. The molecule has 0 aliphatic heterocycles. The maximum absolute atomic E-state index is 12.8. The fourth-order valence-corrected chi connectivity index (χ4v) is 1.63. The van der Waals surface area contributed by atoms with Gasteiger partial charge >= 0.3 is 0 Å². The molecule has 1 nitrogen and oxygen atoms in total. The number of nitriles is 1. The maximum atomic E-state index is 12.8. The van der Waals surface area contributed by atoms with E-state index in [-0.39, 0.29) is 11.4 Å². The highest BCUT2D eigenvalue weighted by Crippen LogP contribution is 2.27. The van der Waals surface area contributed by atoms with Crippen molar-refractivity contribution in [2.24, 2.45) is 0 Å². The van der Waals surface area contributed by atoms with Crippen molar-refractivity contribution in [3.63, 3.8) is 0 Å². The highest BCUT2D eigenvalue weighted by atomic mass is 79.9. The molecule has 1 aromatic rings. The first kappa shape index (κ1) is 9.50. The largest absolute Gasteiger partial charge is 0.205 e. The molecule has 0 amide bonds. The van der Waals surface area contributed by atoms with Gasteiger partial charge in [-0.3, -0.25) is 0 Å². The Morgan fingerprint density at radius 2 is 2.25 bits per heavy atom. The maximum Gasteiger partial charge on any atom is 0.142 e. The minimum atomic E-state index is -0.495. The van der Waals surface area contributed by atoms with E-state index in [9.17, 15) is 4.39 Å². The predicted octanol–water partition coefficient (Wildman–Crippen LogP) is 3.31. The van der Waals surface area contributed by atoms with E-state index in [1.807, 2.05) is 6.07 Å². The number of halogens is 3. The first-order chi connectivity index (χ1) is 5.66. The van der Waals surface area contributed by atoms with Crippen LogP contribution in [0.15, 0.2) is 16.6 Å². The van der Waals surface area contributed by atoms with Gasteiger partial charge in [-0.2, -0.15) is 5.26 Å². The summed E-state index contributed by atoms with van der Waals surface area (Å²) in [4.78, 5) is 0. The Bertz CT molecular complexity index is 346. The van der Waals surface area contributed by atoms with Gasteiger partial charge in [0.05, 0.1) is 17.5 Å². The molecular formula is C8H4BrClFN. The lowest BCUT2D eigenvalue weighted by molar-refractivity contribution is 0.626. The van der Waals surface area contributed by atoms with Crippen molar-refractivity contribution in [3.8, 4) is 6.07 Å². The zero-order chi connectivity index (χ0) is 9.14. The molecule has 0 aliphatic carbocycles. The zero-order valence-corrected chi connectivity index (χ0v) is 8.28. The fourth-order valence-electron chi connectivity index (χ4n) is 0.810. The average molecular weight is 248 g/mol. The molecule has 0 fully saturated rings. The van der Waals surface area contributed by atoms with Gasteiger partial charge < -0.3 is 0 Å². The van der Waals surface area contributed by atoms with Gasteiger partial charge in [-0.05, 0) is 12.1 Å². The van der Waals surface area contributed by atoms with E-state index >= 15 is 0 Å². The quantitative estimate of drug-likeness (QED) is 0.700. The smallest absolute Gasteiger partial charge is 0.142 e. The molecule has 62 valence electrons. The minimum Gasteiger partial charge on any atom is -0.205 e. The lowest BCUT2D eigenvalue weighted by Crippen LogP contribution is -1.89. The van der Waals surface area contributed by atoms with Crippen LogP contribution in [0.2, 0.25) is 5.02 Å². The summed E-state index contributed by atoms with van der Waals surface area (Å²) in [7, 11) is 0. The van der Waals surface area contributed by atoms with Gasteiger partial charge in [0.2, 0.25) is 0 Å². The van der Waals surface area contributed by atoms with Crippen molar-refractivity contribution in [2.45, 2.75) is 6.42 Å². The second-order valence-electron chi connectivity index (χ2n) is 2.16. The summed E-state index contributed by atoms with van der Waals surface area (Å²) in [6.45, 7) is 0. The van der Waals surface area contributed by atoms with Crippen molar-refractivity contribution < 1.29 is 4.39 Å². The van der Waals surface area contributed by atoms with Crippen molar-refractivity contribution in [2.75, 3.05) is 0 Å². The molecule has 0 unspecified atom stereocenters. The molecule has 0 saturated heterocycles. The highest BCUT2D eigenvalue weighted by Gasteiger charge is 2.09. The second-order valence-corrected chi connectivity index (χ2v) is 3.39. The Morgan fingerprint density at radius 3 is 2.83 bits per heavy atom. The number of hydrogen-bond donors (Lipinski definition) is 0. The Balaban J connectivity index is 3.25. The van der Waals surface area contributed by atoms with Crippen LogP contribution in [0.1, 0.15) is 5.56 Å². The molecule has 0 radical (unpaired) electrons. The van der Waals surface area contributed by atoms with Crippen molar-refractivity contribution >= 4 is 27.5 Å². The number of benzene rings is 1. The monoisotopic (exact) mass is 247 g/mol. The van der Waals surface area contributed by atoms with Gasteiger partial charge in [0.25, 0.3) is 0 Å². The topological polar surface area (TPSA) is 23.8 Å². The first-order valence-electron chi connectivity index (χ1n) is 3.16. The fraction of sp³-hybridized carbons (Fsp3) is 0.125. The standard InChI is InChI=1S/C8H4BrClFN/c9-6-1-2-7(11)8(10)5(6)3-4-12/h1-2H,3H2. The van der Waals surface area contributed by atoms with Crippen LogP contribution in [0.5, 0.6) is 0 Å². The van der Waals surface area contributed by atoms with Crippen LogP contribution in [0.3, 0.4) is 0 Å². The predicted molar refractivity (Wildman–Crippen MR) is 48.4 cm³/mol. The lowest BCUT2D eigenvalue weighted by atomic mass is 10.2. The SMILES string of the molecule is N#CCc1c(Br)ccc(F)c1Cl. The van der Waals surface area contributed by atoms with E-state index in [0.717, 1.165) is 0 Å². The van der Waals surface area contributed by atoms with Crippen LogP contribution in [-0.2, 0) is 6.42 Å². The third-order valence-electron chi connectivity index (χ3n) is 1.39. The molecule has 1 aromatic carbocycles. The van der Waals surface area contributed by atoms with Crippen LogP contribution in [0.25, 0.3) is 0 Å². The van der Waals surface area contributed by atoms with Gasteiger partial charge in [0.15, 0.2) is 0 Å². The van der Waals surface area contributed by atoms with Crippen molar-refractivity contribution in [1.82, 2.24) is 0 Å². The molecule has 4 heteroatoms.